The molecule has 11 heteroatoms. The Labute approximate surface area is 226 Å². The summed E-state index contributed by atoms with van der Waals surface area (Å²) in [6.07, 6.45) is 6.33. The molecule has 1 saturated heterocycles. The second-order valence-electron chi connectivity index (χ2n) is 9.94. The maximum atomic E-state index is 13.9. The van der Waals surface area contributed by atoms with Crippen LogP contribution in [0.25, 0.3) is 33.5 Å². The molecule has 1 amide bonds. The third-order valence-electron chi connectivity index (χ3n) is 7.52. The fraction of sp³-hybridized carbons (Fsp3) is 0.429. The zero-order valence-corrected chi connectivity index (χ0v) is 22.2. The van der Waals surface area contributed by atoms with E-state index in [0.717, 1.165) is 53.4 Å². The van der Waals surface area contributed by atoms with E-state index in [9.17, 15) is 14.7 Å². The maximum absolute atomic E-state index is 13.9. The lowest BCUT2D eigenvalue weighted by Crippen LogP contribution is -2.44. The quantitative estimate of drug-likeness (QED) is 0.276. The molecule has 1 unspecified atom stereocenters. The first-order valence-corrected chi connectivity index (χ1v) is 13.4. The highest BCUT2D eigenvalue weighted by Crippen LogP contribution is 2.33. The van der Waals surface area contributed by atoms with Gasteiger partial charge in [-0.15, -0.1) is 10.2 Å². The van der Waals surface area contributed by atoms with Gasteiger partial charge in [0.05, 0.1) is 23.5 Å². The highest BCUT2D eigenvalue weighted by molar-refractivity contribution is 5.90. The number of nitrogens with one attached hydrogen (secondary N) is 1. The van der Waals surface area contributed by atoms with Crippen LogP contribution in [0.4, 0.5) is 0 Å². The van der Waals surface area contributed by atoms with E-state index in [1.54, 1.807) is 13.4 Å². The van der Waals surface area contributed by atoms with Crippen LogP contribution in [0.2, 0.25) is 0 Å². The lowest BCUT2D eigenvalue weighted by atomic mass is 9.98. The number of methoxy groups -OCH3 is 1. The largest absolute Gasteiger partial charge is 0.480 e. The summed E-state index contributed by atoms with van der Waals surface area (Å²) in [5, 5.41) is 24.3. The highest BCUT2D eigenvalue weighted by Gasteiger charge is 2.42. The summed E-state index contributed by atoms with van der Waals surface area (Å²) in [7, 11) is 1.55. The number of rotatable bonds is 11. The Kier molecular flexibility index (Phi) is 7.97. The van der Waals surface area contributed by atoms with Gasteiger partial charge < -0.3 is 19.3 Å². The van der Waals surface area contributed by atoms with Gasteiger partial charge in [-0.2, -0.15) is 5.21 Å². The number of unbranched alkanes of at least 4 members (excludes halogenated alkanes) is 3. The van der Waals surface area contributed by atoms with Crippen LogP contribution in [-0.2, 0) is 14.3 Å². The van der Waals surface area contributed by atoms with Gasteiger partial charge in [0.25, 0.3) is 0 Å². The van der Waals surface area contributed by atoms with Gasteiger partial charge in [-0.05, 0) is 34.9 Å². The molecular weight excluding hydrogens is 498 g/mol. The minimum absolute atomic E-state index is 0.204. The van der Waals surface area contributed by atoms with Crippen molar-refractivity contribution in [2.24, 2.45) is 0 Å². The van der Waals surface area contributed by atoms with Crippen molar-refractivity contribution < 1.29 is 19.4 Å². The summed E-state index contributed by atoms with van der Waals surface area (Å²) < 4.78 is 7.33. The Morgan fingerprint density at radius 1 is 1.15 bits per heavy atom. The number of tetrazole rings is 1. The average molecular weight is 532 g/mol. The summed E-state index contributed by atoms with van der Waals surface area (Å²) in [5.74, 6) is -0.709. The van der Waals surface area contributed by atoms with Crippen LogP contribution in [-0.4, -0.2) is 77.9 Å². The predicted molar refractivity (Wildman–Crippen MR) is 145 cm³/mol. The number of imidazole rings is 1. The number of carbonyl (C=O) groups is 2. The van der Waals surface area contributed by atoms with Gasteiger partial charge in [0.1, 0.15) is 12.1 Å². The molecule has 39 heavy (non-hydrogen) atoms. The number of benzene rings is 2. The number of hydrogen-bond donors (Lipinski definition) is 2. The zero-order chi connectivity index (χ0) is 27.4. The first-order valence-electron chi connectivity index (χ1n) is 13.4. The maximum Gasteiger partial charge on any atom is 0.326 e. The SMILES string of the molecule is CCCCCCC(C(=O)N1C[C@@H](OC)C[C@H]1C(=O)O)n1cnc2cc(-c3ccccc3-c3nn[nH]n3)ccc21. The van der Waals surface area contributed by atoms with Crippen molar-refractivity contribution in [1.29, 1.82) is 0 Å². The number of nitrogens with zero attached hydrogens (tertiary/aromatic N) is 6. The number of ether oxygens (including phenoxy) is 1. The molecule has 0 aliphatic carbocycles. The average Bonchev–Trinajstić information content (AvgIpc) is 3.72. The van der Waals surface area contributed by atoms with E-state index < -0.39 is 18.1 Å². The Morgan fingerprint density at radius 2 is 1.97 bits per heavy atom. The van der Waals surface area contributed by atoms with E-state index in [2.05, 4.69) is 32.5 Å². The molecule has 0 saturated carbocycles. The van der Waals surface area contributed by atoms with Crippen molar-refractivity contribution in [3.63, 3.8) is 0 Å². The molecule has 11 nitrogen and oxygen atoms in total. The van der Waals surface area contributed by atoms with E-state index in [4.69, 9.17) is 4.74 Å². The number of amides is 1. The van der Waals surface area contributed by atoms with Gasteiger partial charge in [0.15, 0.2) is 0 Å². The summed E-state index contributed by atoms with van der Waals surface area (Å²) in [6.45, 7) is 2.41. The highest BCUT2D eigenvalue weighted by atomic mass is 16.5. The minimum atomic E-state index is -1.01. The standard InChI is InChI=1S/C28H33N7O4/c1-3-4-5-6-11-24(27(36)34-16-19(39-2)15-25(34)28(37)38)35-17-29-22-14-18(12-13-23(22)35)20-9-7-8-10-21(20)26-30-32-33-31-26/h7-10,12-14,17,19,24-25H,3-6,11,15-16H2,1-2H3,(H,37,38)(H,30,31,32,33)/t19-,24?,25-/m0/s1. The van der Waals surface area contributed by atoms with Gasteiger partial charge in [0.2, 0.25) is 11.7 Å². The summed E-state index contributed by atoms with van der Waals surface area (Å²) in [6, 6.07) is 12.3. The molecule has 2 aromatic heterocycles. The normalized spacial score (nSPS) is 18.1. The molecule has 1 fully saturated rings. The van der Waals surface area contributed by atoms with Gasteiger partial charge in [-0.25, -0.2) is 9.78 Å². The van der Waals surface area contributed by atoms with E-state index in [-0.39, 0.29) is 25.0 Å². The fourth-order valence-electron chi connectivity index (χ4n) is 5.44. The topological polar surface area (TPSA) is 139 Å². The molecule has 1 aliphatic heterocycles. The van der Waals surface area contributed by atoms with E-state index >= 15 is 0 Å². The molecule has 1 aliphatic rings. The predicted octanol–water partition coefficient (Wildman–Crippen LogP) is 4.10. The number of aromatic nitrogens is 6. The number of carbonyl (C=O) groups excluding carboxylic acids is 1. The summed E-state index contributed by atoms with van der Waals surface area (Å²) >= 11 is 0. The number of aromatic amines is 1. The third-order valence-corrected chi connectivity index (χ3v) is 7.52. The lowest BCUT2D eigenvalue weighted by Gasteiger charge is -2.28. The molecule has 2 aromatic carbocycles. The number of H-pyrrole nitrogens is 1. The van der Waals surface area contributed by atoms with E-state index in [1.165, 1.54) is 4.90 Å². The number of hydrogen-bond acceptors (Lipinski definition) is 7. The Balaban J connectivity index is 1.49. The van der Waals surface area contributed by atoms with Crippen LogP contribution in [0.15, 0.2) is 48.8 Å². The number of carboxylic acid groups (broad SMARTS) is 1. The second-order valence-corrected chi connectivity index (χ2v) is 9.94. The molecule has 3 heterocycles. The molecule has 0 bridgehead atoms. The van der Waals surface area contributed by atoms with Gasteiger partial charge in [0, 0.05) is 25.6 Å². The fourth-order valence-corrected chi connectivity index (χ4v) is 5.44. The van der Waals surface area contributed by atoms with Crippen molar-refractivity contribution in [3.8, 4) is 22.5 Å². The molecule has 4 aromatic rings. The third kappa shape index (κ3) is 5.40. The van der Waals surface area contributed by atoms with Crippen molar-refractivity contribution >= 4 is 22.9 Å². The van der Waals surface area contributed by atoms with E-state index in [1.807, 2.05) is 47.0 Å². The van der Waals surface area contributed by atoms with Crippen LogP contribution in [0, 0.1) is 0 Å². The van der Waals surface area contributed by atoms with Crippen LogP contribution >= 0.6 is 0 Å². The first-order chi connectivity index (χ1) is 19.0. The molecule has 204 valence electrons. The van der Waals surface area contributed by atoms with Gasteiger partial charge in [-0.1, -0.05) is 62.9 Å². The smallest absolute Gasteiger partial charge is 0.326 e. The second kappa shape index (κ2) is 11.7. The van der Waals surface area contributed by atoms with Crippen LogP contribution in [0.3, 0.4) is 0 Å². The molecule has 0 spiro atoms. The minimum Gasteiger partial charge on any atom is -0.480 e. The van der Waals surface area contributed by atoms with E-state index in [0.29, 0.717) is 12.2 Å². The van der Waals surface area contributed by atoms with Crippen molar-refractivity contribution in [3.05, 3.63) is 48.8 Å². The molecule has 5 rings (SSSR count). The van der Waals surface area contributed by atoms with Crippen molar-refractivity contribution in [1.82, 2.24) is 35.1 Å². The van der Waals surface area contributed by atoms with Crippen LogP contribution in [0.5, 0.6) is 0 Å². The molecule has 3 atom stereocenters. The lowest BCUT2D eigenvalue weighted by molar-refractivity contribution is -0.149. The molecule has 0 radical (unpaired) electrons. The number of aliphatic carboxylic acids is 1. The summed E-state index contributed by atoms with van der Waals surface area (Å²) in [5.41, 5.74) is 4.28. The van der Waals surface area contributed by atoms with Crippen molar-refractivity contribution in [2.45, 2.75) is 63.6 Å². The monoisotopic (exact) mass is 531 g/mol. The van der Waals surface area contributed by atoms with Crippen LogP contribution in [0.1, 0.15) is 51.5 Å². The molecular formula is C28H33N7O4. The van der Waals surface area contributed by atoms with Crippen molar-refractivity contribution in [2.75, 3.05) is 13.7 Å². The van der Waals surface area contributed by atoms with Crippen LogP contribution < -0.4 is 0 Å². The Hall–Kier alpha value is -4.12. The first kappa shape index (κ1) is 26.5. The zero-order valence-electron chi connectivity index (χ0n) is 22.2. The number of carboxylic acids is 1. The number of likely N-dealkylation sites (tertiary alicyclic amines) is 1. The number of fused-ring (bicyclic) bond motifs is 1. The molecule has 2 N–H and O–H groups in total. The Bertz CT molecular complexity index is 1430. The summed E-state index contributed by atoms with van der Waals surface area (Å²) in [4.78, 5) is 32.1. The van der Waals surface area contributed by atoms with Gasteiger partial charge in [-0.3, -0.25) is 4.79 Å². The van der Waals surface area contributed by atoms with Gasteiger partial charge >= 0.3 is 5.97 Å². The Morgan fingerprint density at radius 3 is 2.69 bits per heavy atom.